The lowest BCUT2D eigenvalue weighted by molar-refractivity contribution is 0.389. The van der Waals surface area contributed by atoms with Gasteiger partial charge in [-0.05, 0) is 26.0 Å². The van der Waals surface area contributed by atoms with Gasteiger partial charge < -0.3 is 4.74 Å². The molecule has 0 saturated carbocycles. The van der Waals surface area contributed by atoms with Crippen LogP contribution in [0.15, 0.2) is 24.4 Å². The van der Waals surface area contributed by atoms with Crippen molar-refractivity contribution >= 4 is 0 Å². The molecule has 7 heteroatoms. The van der Waals surface area contributed by atoms with Crippen LogP contribution in [-0.2, 0) is 6.42 Å². The molecule has 0 spiro atoms. The lowest BCUT2D eigenvalue weighted by atomic mass is 10.1. The van der Waals surface area contributed by atoms with Crippen LogP contribution in [0, 0.1) is 0 Å². The van der Waals surface area contributed by atoms with Gasteiger partial charge in [0.1, 0.15) is 0 Å². The molecule has 2 aromatic heterocycles. The van der Waals surface area contributed by atoms with Crippen molar-refractivity contribution in [3.8, 4) is 5.88 Å². The van der Waals surface area contributed by atoms with Crippen LogP contribution in [0.25, 0.3) is 0 Å². The third-order valence-electron chi connectivity index (χ3n) is 3.03. The summed E-state index contributed by atoms with van der Waals surface area (Å²) in [4.78, 5) is 0. The lowest BCUT2D eigenvalue weighted by Gasteiger charge is -2.13. The normalized spacial score (nSPS) is 12.7. The molecule has 0 aromatic carbocycles. The van der Waals surface area contributed by atoms with E-state index in [0.717, 1.165) is 11.4 Å². The summed E-state index contributed by atoms with van der Waals surface area (Å²) >= 11 is 0. The van der Waals surface area contributed by atoms with Crippen molar-refractivity contribution in [2.75, 3.05) is 7.11 Å². The first-order valence-corrected chi connectivity index (χ1v) is 6.51. The van der Waals surface area contributed by atoms with Crippen molar-refractivity contribution in [1.82, 2.24) is 25.4 Å². The van der Waals surface area contributed by atoms with E-state index >= 15 is 0 Å². The van der Waals surface area contributed by atoms with Crippen LogP contribution in [0.5, 0.6) is 5.88 Å². The molecule has 0 bridgehead atoms. The highest BCUT2D eigenvalue weighted by molar-refractivity contribution is 5.16. The molecular formula is C13H20N6O. The Balaban J connectivity index is 2.10. The SMILES string of the molecule is COc1ccc(C(Cc2ccn(C(C)C)n2)NN)nn1. The number of ether oxygens (including phenoxy) is 1. The van der Waals surface area contributed by atoms with Crippen molar-refractivity contribution in [2.45, 2.75) is 32.4 Å². The van der Waals surface area contributed by atoms with Gasteiger partial charge >= 0.3 is 0 Å². The van der Waals surface area contributed by atoms with E-state index in [0.29, 0.717) is 18.3 Å². The van der Waals surface area contributed by atoms with Gasteiger partial charge in [0.15, 0.2) is 0 Å². The molecule has 1 atom stereocenters. The van der Waals surface area contributed by atoms with Crippen LogP contribution in [0.1, 0.15) is 37.3 Å². The Morgan fingerprint density at radius 2 is 2.10 bits per heavy atom. The Labute approximate surface area is 118 Å². The zero-order valence-corrected chi connectivity index (χ0v) is 11.9. The van der Waals surface area contributed by atoms with Gasteiger partial charge in [-0.25, -0.2) is 0 Å². The molecule has 108 valence electrons. The van der Waals surface area contributed by atoms with Gasteiger partial charge in [0.25, 0.3) is 0 Å². The zero-order chi connectivity index (χ0) is 14.5. The summed E-state index contributed by atoms with van der Waals surface area (Å²) in [5.41, 5.74) is 4.46. The third kappa shape index (κ3) is 3.31. The van der Waals surface area contributed by atoms with Gasteiger partial charge in [0, 0.05) is 24.7 Å². The van der Waals surface area contributed by atoms with Crippen LogP contribution >= 0.6 is 0 Å². The Hall–Kier alpha value is -1.99. The van der Waals surface area contributed by atoms with Crippen molar-refractivity contribution < 1.29 is 4.74 Å². The topological polar surface area (TPSA) is 90.9 Å². The minimum Gasteiger partial charge on any atom is -0.480 e. The van der Waals surface area contributed by atoms with Gasteiger partial charge in [-0.1, -0.05) is 0 Å². The molecule has 2 rings (SSSR count). The van der Waals surface area contributed by atoms with E-state index in [1.54, 1.807) is 13.2 Å². The number of methoxy groups -OCH3 is 1. The molecule has 0 amide bonds. The molecule has 0 aliphatic rings. The summed E-state index contributed by atoms with van der Waals surface area (Å²) in [6, 6.07) is 5.80. The molecule has 2 aromatic rings. The maximum absolute atomic E-state index is 5.61. The van der Waals surface area contributed by atoms with Crippen LogP contribution in [-0.4, -0.2) is 27.1 Å². The predicted molar refractivity (Wildman–Crippen MR) is 75.0 cm³/mol. The number of hydrazine groups is 1. The highest BCUT2D eigenvalue weighted by atomic mass is 16.5. The molecule has 0 aliphatic carbocycles. The molecule has 3 N–H and O–H groups in total. The van der Waals surface area contributed by atoms with E-state index in [-0.39, 0.29) is 6.04 Å². The van der Waals surface area contributed by atoms with Crippen LogP contribution in [0.2, 0.25) is 0 Å². The fourth-order valence-corrected chi connectivity index (χ4v) is 1.86. The number of hydrogen-bond donors (Lipinski definition) is 2. The van der Waals surface area contributed by atoms with E-state index < -0.39 is 0 Å². The number of nitrogens with two attached hydrogens (primary N) is 1. The first-order valence-electron chi connectivity index (χ1n) is 6.51. The van der Waals surface area contributed by atoms with E-state index in [4.69, 9.17) is 10.6 Å². The Bertz CT molecular complexity index is 536. The molecule has 0 aliphatic heterocycles. The Kier molecular flexibility index (Phi) is 4.65. The number of nitrogens with one attached hydrogen (secondary N) is 1. The van der Waals surface area contributed by atoms with Gasteiger partial charge in [-0.2, -0.15) is 10.2 Å². The first-order chi connectivity index (χ1) is 9.63. The van der Waals surface area contributed by atoms with Crippen molar-refractivity contribution in [1.29, 1.82) is 0 Å². The molecule has 7 nitrogen and oxygen atoms in total. The minimum absolute atomic E-state index is 0.135. The average Bonchev–Trinajstić information content (AvgIpc) is 2.94. The summed E-state index contributed by atoms with van der Waals surface area (Å²) in [6.45, 7) is 4.18. The molecule has 0 radical (unpaired) electrons. The fourth-order valence-electron chi connectivity index (χ4n) is 1.86. The van der Waals surface area contributed by atoms with Gasteiger partial charge in [-0.15, -0.1) is 5.10 Å². The van der Waals surface area contributed by atoms with E-state index in [1.807, 2.05) is 23.0 Å². The highest BCUT2D eigenvalue weighted by Gasteiger charge is 2.15. The number of nitrogens with zero attached hydrogens (tertiary/aromatic N) is 4. The first kappa shape index (κ1) is 14.4. The zero-order valence-electron chi connectivity index (χ0n) is 11.9. The largest absolute Gasteiger partial charge is 0.480 e. The standard InChI is InChI=1S/C13H20N6O/c1-9(2)19-7-6-10(18-19)8-12(15-14)11-4-5-13(20-3)17-16-11/h4-7,9,12,15H,8,14H2,1-3H3. The summed E-state index contributed by atoms with van der Waals surface area (Å²) in [5.74, 6) is 6.09. The molecule has 0 saturated heterocycles. The second-order valence-corrected chi connectivity index (χ2v) is 4.80. The molecule has 1 unspecified atom stereocenters. The second kappa shape index (κ2) is 6.44. The molecular weight excluding hydrogens is 256 g/mol. The fraction of sp³-hybridized carbons (Fsp3) is 0.462. The highest BCUT2D eigenvalue weighted by Crippen LogP contribution is 2.16. The molecule has 0 fully saturated rings. The van der Waals surface area contributed by atoms with Crippen LogP contribution < -0.4 is 16.0 Å². The lowest BCUT2D eigenvalue weighted by Crippen LogP contribution is -2.30. The van der Waals surface area contributed by atoms with Gasteiger partial charge in [-0.3, -0.25) is 16.0 Å². The quantitative estimate of drug-likeness (QED) is 0.604. The average molecular weight is 276 g/mol. The smallest absolute Gasteiger partial charge is 0.233 e. The minimum atomic E-state index is -0.135. The maximum atomic E-state index is 5.61. The van der Waals surface area contributed by atoms with Crippen LogP contribution in [0.4, 0.5) is 0 Å². The van der Waals surface area contributed by atoms with E-state index in [9.17, 15) is 0 Å². The number of rotatable bonds is 6. The Morgan fingerprint density at radius 1 is 1.30 bits per heavy atom. The maximum Gasteiger partial charge on any atom is 0.233 e. The van der Waals surface area contributed by atoms with E-state index in [2.05, 4.69) is 34.6 Å². The summed E-state index contributed by atoms with van der Waals surface area (Å²) < 4.78 is 6.91. The number of hydrogen-bond acceptors (Lipinski definition) is 6. The molecule has 2 heterocycles. The van der Waals surface area contributed by atoms with E-state index in [1.165, 1.54) is 0 Å². The molecule has 20 heavy (non-hydrogen) atoms. The van der Waals surface area contributed by atoms with Crippen molar-refractivity contribution in [2.24, 2.45) is 5.84 Å². The van der Waals surface area contributed by atoms with Crippen LogP contribution in [0.3, 0.4) is 0 Å². The number of aromatic nitrogens is 4. The Morgan fingerprint density at radius 3 is 2.60 bits per heavy atom. The third-order valence-corrected chi connectivity index (χ3v) is 3.03. The summed E-state index contributed by atoms with van der Waals surface area (Å²) in [5, 5.41) is 12.6. The monoisotopic (exact) mass is 276 g/mol. The summed E-state index contributed by atoms with van der Waals surface area (Å²) in [6.07, 6.45) is 2.62. The summed E-state index contributed by atoms with van der Waals surface area (Å²) in [7, 11) is 1.56. The second-order valence-electron chi connectivity index (χ2n) is 4.80. The van der Waals surface area contributed by atoms with Gasteiger partial charge in [0.05, 0.1) is 24.5 Å². The van der Waals surface area contributed by atoms with Gasteiger partial charge in [0.2, 0.25) is 5.88 Å². The van der Waals surface area contributed by atoms with Crippen molar-refractivity contribution in [3.63, 3.8) is 0 Å². The van der Waals surface area contributed by atoms with Crippen molar-refractivity contribution in [3.05, 3.63) is 35.8 Å². The predicted octanol–water partition coefficient (Wildman–Crippen LogP) is 1.01.